The first kappa shape index (κ1) is 13.6. The van der Waals surface area contributed by atoms with Crippen LogP contribution in [0.15, 0.2) is 48.2 Å². The minimum atomic E-state index is -0.242. The van der Waals surface area contributed by atoms with Crippen LogP contribution in [0.25, 0.3) is 22.2 Å². The van der Waals surface area contributed by atoms with Gasteiger partial charge in [0.15, 0.2) is 0 Å². The number of hydrogen-bond donors (Lipinski definition) is 0. The monoisotopic (exact) mass is 297 g/mol. The average Bonchev–Trinajstić information content (AvgIpc) is 2.97. The molecule has 21 heavy (non-hydrogen) atoms. The van der Waals surface area contributed by atoms with E-state index in [1.165, 1.54) is 23.5 Å². The normalized spacial score (nSPS) is 11.6. The van der Waals surface area contributed by atoms with Crippen molar-refractivity contribution < 1.29 is 4.39 Å². The molecule has 0 aliphatic rings. The first-order valence-corrected chi connectivity index (χ1v) is 7.26. The zero-order valence-electron chi connectivity index (χ0n) is 11.3. The molecule has 0 unspecified atom stereocenters. The van der Waals surface area contributed by atoms with Crippen LogP contribution in [0.5, 0.6) is 0 Å². The quantitative estimate of drug-likeness (QED) is 0.723. The lowest BCUT2D eigenvalue weighted by molar-refractivity contribution is 0.628. The molecule has 0 amide bonds. The van der Waals surface area contributed by atoms with Crippen LogP contribution in [0.3, 0.4) is 0 Å². The fourth-order valence-electron chi connectivity index (χ4n) is 1.88. The number of nitrogens with zero attached hydrogens (tertiary/aromatic N) is 3. The highest BCUT2D eigenvalue weighted by Gasteiger charge is 2.05. The summed E-state index contributed by atoms with van der Waals surface area (Å²) in [6.07, 6.45) is 7.00. The van der Waals surface area contributed by atoms with E-state index in [-0.39, 0.29) is 5.82 Å². The molecule has 0 radical (unpaired) electrons. The van der Waals surface area contributed by atoms with E-state index < -0.39 is 0 Å². The number of allylic oxidation sites excluding steroid dienone is 1. The van der Waals surface area contributed by atoms with E-state index in [0.717, 1.165) is 27.5 Å². The van der Waals surface area contributed by atoms with Gasteiger partial charge in [0.25, 0.3) is 0 Å². The van der Waals surface area contributed by atoms with Crippen LogP contribution in [-0.2, 0) is 0 Å². The van der Waals surface area contributed by atoms with Crippen LogP contribution >= 0.6 is 11.3 Å². The maximum absolute atomic E-state index is 12.9. The molecule has 104 valence electrons. The highest BCUT2D eigenvalue weighted by molar-refractivity contribution is 7.13. The van der Waals surface area contributed by atoms with E-state index in [1.807, 2.05) is 18.4 Å². The van der Waals surface area contributed by atoms with Crippen molar-refractivity contribution in [2.24, 2.45) is 0 Å². The molecule has 0 spiro atoms. The summed E-state index contributed by atoms with van der Waals surface area (Å²) in [5.41, 5.74) is 3.61. The zero-order chi connectivity index (χ0) is 14.7. The van der Waals surface area contributed by atoms with Crippen molar-refractivity contribution in [3.05, 3.63) is 65.4 Å². The fourth-order valence-corrected chi connectivity index (χ4v) is 2.66. The highest BCUT2D eigenvalue weighted by atomic mass is 32.1. The molecule has 0 aliphatic heterocycles. The van der Waals surface area contributed by atoms with Crippen LogP contribution in [0, 0.1) is 5.82 Å². The van der Waals surface area contributed by atoms with Gasteiger partial charge < -0.3 is 0 Å². The molecule has 0 aliphatic carbocycles. The van der Waals surface area contributed by atoms with Gasteiger partial charge >= 0.3 is 0 Å². The number of rotatable bonds is 3. The third-order valence-corrected chi connectivity index (χ3v) is 3.85. The van der Waals surface area contributed by atoms with Gasteiger partial charge in [-0.2, -0.15) is 0 Å². The molecule has 3 aromatic rings. The largest absolute Gasteiger partial charge is 0.261 e. The number of thiazole rings is 1. The SMILES string of the molecule is CC(=Cc1csc(-c2ccc(F)cc2)n1)c1cnccn1. The Kier molecular flexibility index (Phi) is 3.83. The Balaban J connectivity index is 1.87. The van der Waals surface area contributed by atoms with Crippen molar-refractivity contribution in [1.82, 2.24) is 15.0 Å². The number of hydrogen-bond acceptors (Lipinski definition) is 4. The maximum atomic E-state index is 12.9. The molecule has 0 bridgehead atoms. The molecule has 1 aromatic carbocycles. The van der Waals surface area contributed by atoms with Crippen molar-refractivity contribution in [3.8, 4) is 10.6 Å². The summed E-state index contributed by atoms with van der Waals surface area (Å²) in [6.45, 7) is 1.97. The second-order valence-corrected chi connectivity index (χ2v) is 5.36. The summed E-state index contributed by atoms with van der Waals surface area (Å²) in [6, 6.07) is 6.35. The van der Waals surface area contributed by atoms with Crippen LogP contribution in [0.1, 0.15) is 18.3 Å². The smallest absolute Gasteiger partial charge is 0.124 e. The standard InChI is InChI=1S/C16H12FN3S/c1-11(15-9-18-6-7-19-15)8-14-10-21-16(20-14)12-2-4-13(17)5-3-12/h2-10H,1H3. The molecule has 0 saturated heterocycles. The molecule has 0 atom stereocenters. The number of halogens is 1. The summed E-state index contributed by atoms with van der Waals surface area (Å²) in [7, 11) is 0. The molecule has 2 aromatic heterocycles. The second kappa shape index (κ2) is 5.93. The Morgan fingerprint density at radius 3 is 2.71 bits per heavy atom. The number of aromatic nitrogens is 3. The van der Waals surface area contributed by atoms with Gasteiger partial charge in [0.1, 0.15) is 10.8 Å². The predicted octanol–water partition coefficient (Wildman–Crippen LogP) is 4.30. The van der Waals surface area contributed by atoms with Crippen LogP contribution in [0.2, 0.25) is 0 Å². The van der Waals surface area contributed by atoms with Gasteiger partial charge in [-0.25, -0.2) is 9.37 Å². The molecule has 2 heterocycles. The van der Waals surface area contributed by atoms with E-state index >= 15 is 0 Å². The van der Waals surface area contributed by atoms with E-state index in [0.29, 0.717) is 0 Å². The Morgan fingerprint density at radius 1 is 1.19 bits per heavy atom. The van der Waals surface area contributed by atoms with Gasteiger partial charge in [-0.15, -0.1) is 11.3 Å². The van der Waals surface area contributed by atoms with Crippen molar-refractivity contribution in [2.75, 3.05) is 0 Å². The molecule has 3 nitrogen and oxygen atoms in total. The zero-order valence-corrected chi connectivity index (χ0v) is 12.1. The lowest BCUT2D eigenvalue weighted by Crippen LogP contribution is -1.86. The third-order valence-electron chi connectivity index (χ3n) is 2.94. The second-order valence-electron chi connectivity index (χ2n) is 4.50. The summed E-state index contributed by atoms with van der Waals surface area (Å²) in [5, 5.41) is 2.84. The maximum Gasteiger partial charge on any atom is 0.124 e. The van der Waals surface area contributed by atoms with E-state index in [2.05, 4.69) is 15.0 Å². The van der Waals surface area contributed by atoms with Gasteiger partial charge in [0.2, 0.25) is 0 Å². The molecular weight excluding hydrogens is 285 g/mol. The molecular formula is C16H12FN3S. The summed E-state index contributed by atoms with van der Waals surface area (Å²) >= 11 is 1.53. The first-order chi connectivity index (χ1) is 10.2. The van der Waals surface area contributed by atoms with Crippen molar-refractivity contribution in [1.29, 1.82) is 0 Å². The molecule has 0 N–H and O–H groups in total. The van der Waals surface area contributed by atoms with Crippen LogP contribution < -0.4 is 0 Å². The summed E-state index contributed by atoms with van der Waals surface area (Å²) < 4.78 is 12.9. The Hall–Kier alpha value is -2.40. The molecule has 0 saturated carbocycles. The minimum absolute atomic E-state index is 0.242. The van der Waals surface area contributed by atoms with Crippen LogP contribution in [0.4, 0.5) is 4.39 Å². The molecule has 5 heteroatoms. The topological polar surface area (TPSA) is 38.7 Å². The third kappa shape index (κ3) is 3.20. The predicted molar refractivity (Wildman–Crippen MR) is 83.1 cm³/mol. The van der Waals surface area contributed by atoms with Crippen molar-refractivity contribution in [2.45, 2.75) is 6.92 Å². The van der Waals surface area contributed by atoms with E-state index in [4.69, 9.17) is 0 Å². The summed E-state index contributed by atoms with van der Waals surface area (Å²) in [4.78, 5) is 12.9. The Morgan fingerprint density at radius 2 is 2.00 bits per heavy atom. The van der Waals surface area contributed by atoms with Gasteiger partial charge in [-0.3, -0.25) is 9.97 Å². The van der Waals surface area contributed by atoms with Gasteiger partial charge in [0.05, 0.1) is 17.6 Å². The lowest BCUT2D eigenvalue weighted by Gasteiger charge is -1.98. The van der Waals surface area contributed by atoms with Gasteiger partial charge in [-0.1, -0.05) is 0 Å². The van der Waals surface area contributed by atoms with E-state index in [1.54, 1.807) is 30.7 Å². The fraction of sp³-hybridized carbons (Fsp3) is 0.0625. The van der Waals surface area contributed by atoms with Crippen molar-refractivity contribution in [3.63, 3.8) is 0 Å². The molecule has 0 fully saturated rings. The molecule has 3 rings (SSSR count). The first-order valence-electron chi connectivity index (χ1n) is 6.38. The van der Waals surface area contributed by atoms with Crippen LogP contribution in [-0.4, -0.2) is 15.0 Å². The van der Waals surface area contributed by atoms with Gasteiger partial charge in [-0.05, 0) is 42.8 Å². The summed E-state index contributed by atoms with van der Waals surface area (Å²) in [5.74, 6) is -0.242. The average molecular weight is 297 g/mol. The van der Waals surface area contributed by atoms with Crippen molar-refractivity contribution >= 4 is 23.0 Å². The van der Waals surface area contributed by atoms with E-state index in [9.17, 15) is 4.39 Å². The Bertz CT molecular complexity index is 764. The Labute approximate surface area is 125 Å². The number of benzene rings is 1. The van der Waals surface area contributed by atoms with Gasteiger partial charge in [0, 0.05) is 23.3 Å². The minimum Gasteiger partial charge on any atom is -0.261 e. The lowest BCUT2D eigenvalue weighted by atomic mass is 10.2. The highest BCUT2D eigenvalue weighted by Crippen LogP contribution is 2.25.